The standard InChI is InChI=1S/C14H27NO3/c1-2-15(9-13-5-3-8-18-13)10-14(11-16)6-4-7-17-12-14/h13,16H,2-12H2,1H3. The van der Waals surface area contributed by atoms with Crippen molar-refractivity contribution < 1.29 is 14.6 Å². The Labute approximate surface area is 110 Å². The summed E-state index contributed by atoms with van der Waals surface area (Å²) in [6.07, 6.45) is 4.91. The molecule has 1 N–H and O–H groups in total. The van der Waals surface area contributed by atoms with Crippen molar-refractivity contribution in [1.82, 2.24) is 4.90 Å². The van der Waals surface area contributed by atoms with E-state index >= 15 is 0 Å². The summed E-state index contributed by atoms with van der Waals surface area (Å²) >= 11 is 0. The van der Waals surface area contributed by atoms with Crippen molar-refractivity contribution in [3.05, 3.63) is 0 Å². The van der Waals surface area contributed by atoms with Gasteiger partial charge in [0, 0.05) is 31.7 Å². The molecular formula is C14H27NO3. The summed E-state index contributed by atoms with van der Waals surface area (Å²) in [5.74, 6) is 0. The fraction of sp³-hybridized carbons (Fsp3) is 1.00. The number of nitrogens with zero attached hydrogens (tertiary/aromatic N) is 1. The molecule has 2 rings (SSSR count). The van der Waals surface area contributed by atoms with E-state index in [4.69, 9.17) is 9.47 Å². The van der Waals surface area contributed by atoms with E-state index in [-0.39, 0.29) is 12.0 Å². The number of hydrogen-bond acceptors (Lipinski definition) is 4. The van der Waals surface area contributed by atoms with E-state index in [0.29, 0.717) is 12.7 Å². The van der Waals surface area contributed by atoms with Gasteiger partial charge in [-0.2, -0.15) is 0 Å². The van der Waals surface area contributed by atoms with E-state index in [1.54, 1.807) is 0 Å². The Morgan fingerprint density at radius 2 is 2.22 bits per heavy atom. The Balaban J connectivity index is 1.86. The highest BCUT2D eigenvalue weighted by Crippen LogP contribution is 2.29. The largest absolute Gasteiger partial charge is 0.396 e. The lowest BCUT2D eigenvalue weighted by molar-refractivity contribution is -0.0597. The van der Waals surface area contributed by atoms with E-state index < -0.39 is 0 Å². The van der Waals surface area contributed by atoms with E-state index in [1.165, 1.54) is 12.8 Å². The van der Waals surface area contributed by atoms with Crippen molar-refractivity contribution in [3.8, 4) is 0 Å². The van der Waals surface area contributed by atoms with E-state index in [0.717, 1.165) is 45.7 Å². The highest BCUT2D eigenvalue weighted by molar-refractivity contribution is 4.85. The third-order valence-corrected chi connectivity index (χ3v) is 4.23. The average molecular weight is 257 g/mol. The summed E-state index contributed by atoms with van der Waals surface area (Å²) in [5, 5.41) is 9.71. The molecule has 0 aromatic heterocycles. The van der Waals surface area contributed by atoms with Crippen LogP contribution < -0.4 is 0 Å². The van der Waals surface area contributed by atoms with Gasteiger partial charge in [-0.3, -0.25) is 0 Å². The summed E-state index contributed by atoms with van der Waals surface area (Å²) in [5.41, 5.74) is -0.0487. The molecular weight excluding hydrogens is 230 g/mol. The predicted octanol–water partition coefficient (Wildman–Crippen LogP) is 1.28. The minimum Gasteiger partial charge on any atom is -0.396 e. The third-order valence-electron chi connectivity index (χ3n) is 4.23. The monoisotopic (exact) mass is 257 g/mol. The quantitative estimate of drug-likeness (QED) is 0.778. The summed E-state index contributed by atoms with van der Waals surface area (Å²) in [4.78, 5) is 2.42. The summed E-state index contributed by atoms with van der Waals surface area (Å²) in [6.45, 7) is 7.82. The number of likely N-dealkylation sites (N-methyl/N-ethyl adjacent to an activating group) is 1. The van der Waals surface area contributed by atoms with Gasteiger partial charge < -0.3 is 19.5 Å². The number of hydrogen-bond donors (Lipinski definition) is 1. The second-order valence-corrected chi connectivity index (χ2v) is 5.78. The molecule has 0 amide bonds. The van der Waals surface area contributed by atoms with Crippen LogP contribution in [-0.2, 0) is 9.47 Å². The third kappa shape index (κ3) is 3.67. The first kappa shape index (κ1) is 14.3. The minimum absolute atomic E-state index is 0.0487. The number of aliphatic hydroxyl groups excluding tert-OH is 1. The maximum Gasteiger partial charge on any atom is 0.0702 e. The molecule has 2 atom stereocenters. The summed E-state index contributed by atoms with van der Waals surface area (Å²) in [7, 11) is 0. The zero-order chi connectivity index (χ0) is 12.8. The highest BCUT2D eigenvalue weighted by atomic mass is 16.5. The number of aliphatic hydroxyl groups is 1. The Hall–Kier alpha value is -0.160. The first-order valence-corrected chi connectivity index (χ1v) is 7.30. The lowest BCUT2D eigenvalue weighted by atomic mass is 9.82. The molecule has 18 heavy (non-hydrogen) atoms. The van der Waals surface area contributed by atoms with Crippen molar-refractivity contribution in [3.63, 3.8) is 0 Å². The van der Waals surface area contributed by atoms with Gasteiger partial charge in [-0.25, -0.2) is 0 Å². The Morgan fingerprint density at radius 3 is 2.78 bits per heavy atom. The highest BCUT2D eigenvalue weighted by Gasteiger charge is 2.34. The Morgan fingerprint density at radius 1 is 1.33 bits per heavy atom. The molecule has 106 valence electrons. The van der Waals surface area contributed by atoms with Crippen LogP contribution >= 0.6 is 0 Å². The molecule has 0 spiro atoms. The first-order valence-electron chi connectivity index (χ1n) is 7.30. The molecule has 2 aliphatic rings. The van der Waals surface area contributed by atoms with Gasteiger partial charge in [-0.15, -0.1) is 0 Å². The fourth-order valence-electron chi connectivity index (χ4n) is 3.07. The van der Waals surface area contributed by atoms with Crippen LogP contribution in [0.25, 0.3) is 0 Å². The van der Waals surface area contributed by atoms with Crippen LogP contribution in [0.1, 0.15) is 32.6 Å². The lowest BCUT2D eigenvalue weighted by Crippen LogP contribution is -2.47. The van der Waals surface area contributed by atoms with Gasteiger partial charge in [0.05, 0.1) is 19.3 Å². The SMILES string of the molecule is CCN(CC1CCCO1)CC1(CO)CCCOC1. The van der Waals surface area contributed by atoms with Crippen LogP contribution in [0.4, 0.5) is 0 Å². The van der Waals surface area contributed by atoms with Gasteiger partial charge in [-0.05, 0) is 32.2 Å². The molecule has 0 aromatic rings. The van der Waals surface area contributed by atoms with Gasteiger partial charge in [-0.1, -0.05) is 6.92 Å². The fourth-order valence-corrected chi connectivity index (χ4v) is 3.07. The van der Waals surface area contributed by atoms with Crippen molar-refractivity contribution in [2.75, 3.05) is 46.1 Å². The van der Waals surface area contributed by atoms with Crippen molar-refractivity contribution >= 4 is 0 Å². The van der Waals surface area contributed by atoms with Crippen LogP contribution in [0.5, 0.6) is 0 Å². The molecule has 0 radical (unpaired) electrons. The molecule has 4 nitrogen and oxygen atoms in total. The van der Waals surface area contributed by atoms with Crippen LogP contribution in [0.15, 0.2) is 0 Å². The van der Waals surface area contributed by atoms with Gasteiger partial charge in [0.2, 0.25) is 0 Å². The zero-order valence-corrected chi connectivity index (χ0v) is 11.6. The molecule has 0 aromatic carbocycles. The van der Waals surface area contributed by atoms with Gasteiger partial charge in [0.25, 0.3) is 0 Å². The second kappa shape index (κ2) is 6.85. The second-order valence-electron chi connectivity index (χ2n) is 5.78. The van der Waals surface area contributed by atoms with Crippen LogP contribution in [0.3, 0.4) is 0 Å². The van der Waals surface area contributed by atoms with Crippen LogP contribution in [0.2, 0.25) is 0 Å². The normalized spacial score (nSPS) is 33.2. The van der Waals surface area contributed by atoms with Crippen molar-refractivity contribution in [1.29, 1.82) is 0 Å². The van der Waals surface area contributed by atoms with Crippen LogP contribution in [-0.4, -0.2) is 62.2 Å². The van der Waals surface area contributed by atoms with Gasteiger partial charge >= 0.3 is 0 Å². The molecule has 2 saturated heterocycles. The number of rotatable bonds is 6. The smallest absolute Gasteiger partial charge is 0.0702 e. The Bertz CT molecular complexity index is 235. The summed E-state index contributed by atoms with van der Waals surface area (Å²) in [6, 6.07) is 0. The molecule has 2 heterocycles. The topological polar surface area (TPSA) is 41.9 Å². The zero-order valence-electron chi connectivity index (χ0n) is 11.6. The van der Waals surface area contributed by atoms with Gasteiger partial charge in [0.15, 0.2) is 0 Å². The average Bonchev–Trinajstić information content (AvgIpc) is 2.92. The molecule has 2 aliphatic heterocycles. The van der Waals surface area contributed by atoms with E-state index in [9.17, 15) is 5.11 Å². The molecule has 0 bridgehead atoms. The maximum atomic E-state index is 9.71. The molecule has 2 unspecified atom stereocenters. The molecule has 0 aliphatic carbocycles. The van der Waals surface area contributed by atoms with E-state index in [2.05, 4.69) is 11.8 Å². The van der Waals surface area contributed by atoms with Crippen molar-refractivity contribution in [2.24, 2.45) is 5.41 Å². The van der Waals surface area contributed by atoms with Crippen LogP contribution in [0, 0.1) is 5.41 Å². The first-order chi connectivity index (χ1) is 8.78. The lowest BCUT2D eigenvalue weighted by Gasteiger charge is -2.39. The maximum absolute atomic E-state index is 9.71. The molecule has 0 saturated carbocycles. The Kier molecular flexibility index (Phi) is 5.42. The summed E-state index contributed by atoms with van der Waals surface area (Å²) < 4.78 is 11.3. The predicted molar refractivity (Wildman–Crippen MR) is 70.7 cm³/mol. The van der Waals surface area contributed by atoms with E-state index in [1.807, 2.05) is 0 Å². The molecule has 2 fully saturated rings. The molecule has 4 heteroatoms. The van der Waals surface area contributed by atoms with Crippen molar-refractivity contribution in [2.45, 2.75) is 38.7 Å². The van der Waals surface area contributed by atoms with Gasteiger partial charge in [0.1, 0.15) is 0 Å². The minimum atomic E-state index is -0.0487. The number of ether oxygens (including phenoxy) is 2.